The molecule has 10 heteroatoms. The molecule has 0 spiro atoms. The van der Waals surface area contributed by atoms with Crippen molar-refractivity contribution in [1.29, 1.82) is 0 Å². The third-order valence-corrected chi connectivity index (χ3v) is 6.24. The summed E-state index contributed by atoms with van der Waals surface area (Å²) in [4.78, 5) is 38.4. The predicted molar refractivity (Wildman–Crippen MR) is 120 cm³/mol. The van der Waals surface area contributed by atoms with E-state index >= 15 is 0 Å². The minimum atomic E-state index is -0.557. The number of carbonyl (C=O) groups is 3. The van der Waals surface area contributed by atoms with E-state index in [4.69, 9.17) is 21.1 Å². The lowest BCUT2D eigenvalue weighted by Gasteiger charge is -2.13. The first-order chi connectivity index (χ1) is 14.3. The van der Waals surface area contributed by atoms with Crippen molar-refractivity contribution in [3.05, 3.63) is 56.4 Å². The molecule has 1 saturated heterocycles. The Labute approximate surface area is 190 Å². The van der Waals surface area contributed by atoms with Crippen LogP contribution in [0.15, 0.2) is 45.8 Å². The Balaban J connectivity index is 1.75. The summed E-state index contributed by atoms with van der Waals surface area (Å²) < 4.78 is 11.2. The summed E-state index contributed by atoms with van der Waals surface area (Å²) in [6, 6.07) is 10.0. The molecule has 3 amide bonds. The number of nitrogens with zero attached hydrogens (tertiary/aromatic N) is 1. The van der Waals surface area contributed by atoms with Crippen LogP contribution in [0.5, 0.6) is 11.5 Å². The molecule has 30 heavy (non-hydrogen) atoms. The van der Waals surface area contributed by atoms with E-state index in [-0.39, 0.29) is 4.91 Å². The summed E-state index contributed by atoms with van der Waals surface area (Å²) in [7, 11) is 3.03. The average molecular weight is 512 g/mol. The standard InChI is InChI=1S/C20H16BrClN2O5S/c1-28-13-4-6-16(29-2)11(7-13)8-17-19(26)24(20(27)30-17)10-18(25)23-12-3-5-14(21)15(22)9-12/h3-9H,10H2,1-2H3,(H,23,25)/b17-8+. The second kappa shape index (κ2) is 9.55. The van der Waals surface area contributed by atoms with Crippen LogP contribution in [0.1, 0.15) is 5.56 Å². The van der Waals surface area contributed by atoms with Crippen molar-refractivity contribution in [3.8, 4) is 11.5 Å². The van der Waals surface area contributed by atoms with Crippen LogP contribution >= 0.6 is 39.3 Å². The summed E-state index contributed by atoms with van der Waals surface area (Å²) in [5, 5.41) is 2.51. The number of ether oxygens (including phenoxy) is 2. The second-order valence-corrected chi connectivity index (χ2v) is 8.31. The minimum absolute atomic E-state index is 0.186. The highest BCUT2D eigenvalue weighted by Gasteiger charge is 2.36. The molecule has 0 aliphatic carbocycles. The van der Waals surface area contributed by atoms with Gasteiger partial charge in [-0.15, -0.1) is 0 Å². The summed E-state index contributed by atoms with van der Waals surface area (Å²) >= 11 is 10.0. The van der Waals surface area contributed by atoms with E-state index in [1.165, 1.54) is 14.2 Å². The van der Waals surface area contributed by atoms with Gasteiger partial charge in [-0.05, 0) is 70.2 Å². The van der Waals surface area contributed by atoms with E-state index < -0.39 is 23.6 Å². The molecule has 2 aromatic rings. The number of halogens is 2. The number of carbonyl (C=O) groups excluding carboxylic acids is 3. The van der Waals surface area contributed by atoms with Gasteiger partial charge in [-0.3, -0.25) is 19.3 Å². The van der Waals surface area contributed by atoms with Crippen molar-refractivity contribution >= 4 is 68.1 Å². The molecule has 1 fully saturated rings. The highest BCUT2D eigenvalue weighted by atomic mass is 79.9. The second-order valence-electron chi connectivity index (χ2n) is 6.05. The average Bonchev–Trinajstić information content (AvgIpc) is 2.98. The van der Waals surface area contributed by atoms with Crippen molar-refractivity contribution in [2.24, 2.45) is 0 Å². The van der Waals surface area contributed by atoms with E-state index in [1.54, 1.807) is 42.5 Å². The molecule has 156 valence electrons. The molecular weight excluding hydrogens is 496 g/mol. The zero-order chi connectivity index (χ0) is 21.8. The first-order valence-electron chi connectivity index (χ1n) is 8.54. The quantitative estimate of drug-likeness (QED) is 0.561. The summed E-state index contributed by atoms with van der Waals surface area (Å²) in [5.74, 6) is 0.0241. The molecule has 7 nitrogen and oxygen atoms in total. The number of imide groups is 1. The Hall–Kier alpha value is -2.49. The predicted octanol–water partition coefficient (Wildman–Crippen LogP) is 4.79. The zero-order valence-electron chi connectivity index (χ0n) is 15.9. The summed E-state index contributed by atoms with van der Waals surface area (Å²) in [6.07, 6.45) is 1.54. The fourth-order valence-electron chi connectivity index (χ4n) is 2.65. The van der Waals surface area contributed by atoms with Gasteiger partial charge in [0.25, 0.3) is 11.1 Å². The first kappa shape index (κ1) is 22.2. The number of methoxy groups -OCH3 is 2. The van der Waals surface area contributed by atoms with Gasteiger partial charge in [0.05, 0.1) is 24.1 Å². The van der Waals surface area contributed by atoms with Gasteiger partial charge in [-0.25, -0.2) is 0 Å². The van der Waals surface area contributed by atoms with Gasteiger partial charge in [-0.1, -0.05) is 11.6 Å². The molecule has 0 unspecified atom stereocenters. The molecule has 0 atom stereocenters. The normalized spacial score (nSPS) is 14.9. The largest absolute Gasteiger partial charge is 0.497 e. The lowest BCUT2D eigenvalue weighted by atomic mass is 10.1. The number of nitrogens with one attached hydrogen (secondary N) is 1. The topological polar surface area (TPSA) is 84.9 Å². The Morgan fingerprint density at radius 1 is 1.20 bits per heavy atom. The third-order valence-electron chi connectivity index (χ3n) is 4.10. The Morgan fingerprint density at radius 3 is 2.63 bits per heavy atom. The van der Waals surface area contributed by atoms with E-state index in [9.17, 15) is 14.4 Å². The van der Waals surface area contributed by atoms with Crippen LogP contribution in [0.2, 0.25) is 5.02 Å². The van der Waals surface area contributed by atoms with Crippen LogP contribution in [0, 0.1) is 0 Å². The molecule has 0 aromatic heterocycles. The number of benzene rings is 2. The molecule has 0 saturated carbocycles. The van der Waals surface area contributed by atoms with E-state index in [0.29, 0.717) is 32.2 Å². The van der Waals surface area contributed by atoms with E-state index in [2.05, 4.69) is 21.2 Å². The zero-order valence-corrected chi connectivity index (χ0v) is 19.1. The minimum Gasteiger partial charge on any atom is -0.497 e. The van der Waals surface area contributed by atoms with Gasteiger partial charge in [-0.2, -0.15) is 0 Å². The molecule has 1 N–H and O–H groups in total. The molecule has 3 rings (SSSR count). The van der Waals surface area contributed by atoms with Crippen molar-refractivity contribution in [2.75, 3.05) is 26.1 Å². The molecule has 0 bridgehead atoms. The maximum atomic E-state index is 12.7. The highest BCUT2D eigenvalue weighted by molar-refractivity contribution is 9.10. The summed E-state index contributed by atoms with van der Waals surface area (Å²) in [5.41, 5.74) is 1.04. The van der Waals surface area contributed by atoms with E-state index in [0.717, 1.165) is 16.7 Å². The van der Waals surface area contributed by atoms with Crippen molar-refractivity contribution < 1.29 is 23.9 Å². The number of anilines is 1. The van der Waals surface area contributed by atoms with Crippen molar-refractivity contribution in [1.82, 2.24) is 4.90 Å². The third kappa shape index (κ3) is 4.97. The molecule has 1 aliphatic heterocycles. The van der Waals surface area contributed by atoms with Crippen LogP contribution in [-0.4, -0.2) is 42.7 Å². The number of rotatable bonds is 6. The van der Waals surface area contributed by atoms with Crippen molar-refractivity contribution in [3.63, 3.8) is 0 Å². The highest BCUT2D eigenvalue weighted by Crippen LogP contribution is 2.35. The van der Waals surface area contributed by atoms with Crippen LogP contribution < -0.4 is 14.8 Å². The van der Waals surface area contributed by atoms with Gasteiger partial charge in [0, 0.05) is 15.7 Å². The van der Waals surface area contributed by atoms with Crippen LogP contribution in [0.4, 0.5) is 10.5 Å². The molecule has 0 radical (unpaired) electrons. The number of hydrogen-bond acceptors (Lipinski definition) is 6. The van der Waals surface area contributed by atoms with Crippen LogP contribution in [0.3, 0.4) is 0 Å². The summed E-state index contributed by atoms with van der Waals surface area (Å²) in [6.45, 7) is -0.412. The maximum absolute atomic E-state index is 12.7. The van der Waals surface area contributed by atoms with Crippen LogP contribution in [-0.2, 0) is 9.59 Å². The first-order valence-corrected chi connectivity index (χ1v) is 10.5. The smallest absolute Gasteiger partial charge is 0.294 e. The monoisotopic (exact) mass is 510 g/mol. The molecule has 2 aromatic carbocycles. The maximum Gasteiger partial charge on any atom is 0.294 e. The number of amides is 3. The lowest BCUT2D eigenvalue weighted by Crippen LogP contribution is -2.36. The van der Waals surface area contributed by atoms with Gasteiger partial charge >= 0.3 is 0 Å². The fraction of sp³-hybridized carbons (Fsp3) is 0.150. The van der Waals surface area contributed by atoms with Gasteiger partial charge < -0.3 is 14.8 Å². The Morgan fingerprint density at radius 2 is 1.97 bits per heavy atom. The van der Waals surface area contributed by atoms with Crippen molar-refractivity contribution in [2.45, 2.75) is 0 Å². The fourth-order valence-corrected chi connectivity index (χ4v) is 3.90. The van der Waals surface area contributed by atoms with Crippen LogP contribution in [0.25, 0.3) is 6.08 Å². The molecule has 1 aliphatic rings. The Kier molecular flexibility index (Phi) is 7.06. The van der Waals surface area contributed by atoms with Gasteiger partial charge in [0.15, 0.2) is 0 Å². The number of hydrogen-bond donors (Lipinski definition) is 1. The van der Waals surface area contributed by atoms with Gasteiger partial charge in [0.2, 0.25) is 5.91 Å². The molecule has 1 heterocycles. The van der Waals surface area contributed by atoms with E-state index in [1.807, 2.05) is 0 Å². The Bertz CT molecular complexity index is 1060. The number of thioether (sulfide) groups is 1. The van der Waals surface area contributed by atoms with Gasteiger partial charge in [0.1, 0.15) is 18.0 Å². The molecular formula is C20H16BrClN2O5S. The SMILES string of the molecule is COc1ccc(OC)c(/C=C2/SC(=O)N(CC(=O)Nc3ccc(Br)c(Cl)c3)C2=O)c1. The lowest BCUT2D eigenvalue weighted by molar-refractivity contribution is -0.127.